The smallest absolute Gasteiger partial charge is 0.383 e. The molecule has 11 heteroatoms. The number of rotatable bonds is 4. The summed E-state index contributed by atoms with van der Waals surface area (Å²) in [6.07, 6.45) is -2.78. The summed E-state index contributed by atoms with van der Waals surface area (Å²) in [4.78, 5) is 30.0. The fourth-order valence-electron chi connectivity index (χ4n) is 3.51. The molecule has 3 aromatic heterocycles. The molecule has 4 aromatic rings. The van der Waals surface area contributed by atoms with Gasteiger partial charge in [-0.2, -0.15) is 18.2 Å². The van der Waals surface area contributed by atoms with Gasteiger partial charge in [-0.1, -0.05) is 0 Å². The monoisotopic (exact) mass is 421 g/mol. The molecule has 0 fully saturated rings. The first-order chi connectivity index (χ1) is 14.1. The van der Waals surface area contributed by atoms with Crippen LogP contribution in [0.4, 0.5) is 13.2 Å². The Morgan fingerprint density at radius 1 is 1.13 bits per heavy atom. The third kappa shape index (κ3) is 2.93. The molecule has 0 unspecified atom stereocenters. The minimum atomic E-state index is -4.44. The van der Waals surface area contributed by atoms with Gasteiger partial charge in [-0.05, 0) is 31.2 Å². The number of nitrogens with zero attached hydrogens (tertiary/aromatic N) is 5. The van der Waals surface area contributed by atoms with E-state index < -0.39 is 23.0 Å². The Labute approximate surface area is 167 Å². The normalized spacial score (nSPS) is 12.3. The van der Waals surface area contributed by atoms with Crippen molar-refractivity contribution in [2.75, 3.05) is 13.7 Å². The lowest BCUT2D eigenvalue weighted by molar-refractivity contribution is -0.137. The molecule has 0 spiro atoms. The van der Waals surface area contributed by atoms with Crippen molar-refractivity contribution in [3.63, 3.8) is 0 Å². The van der Waals surface area contributed by atoms with Crippen LogP contribution in [0.15, 0.2) is 40.1 Å². The standard InChI is InChI=1S/C19H18F3N5O3/c1-11-10-26-14-15(24(2)18(29)25(16(14)28)8-9-30-3)23-17(26)27(11)13-6-4-12(5-7-13)19(20,21)22/h4-7,10H,8-9H2,1-3H3. The van der Waals surface area contributed by atoms with E-state index in [1.165, 1.54) is 30.9 Å². The molecule has 0 aliphatic rings. The van der Waals surface area contributed by atoms with Crippen molar-refractivity contribution in [3.8, 4) is 5.69 Å². The van der Waals surface area contributed by atoms with Crippen molar-refractivity contribution in [2.24, 2.45) is 7.05 Å². The van der Waals surface area contributed by atoms with Gasteiger partial charge < -0.3 is 4.74 Å². The second kappa shape index (κ2) is 6.87. The van der Waals surface area contributed by atoms with Crippen LogP contribution in [-0.2, 0) is 24.5 Å². The lowest BCUT2D eigenvalue weighted by Gasteiger charge is -2.09. The van der Waals surface area contributed by atoms with Crippen LogP contribution in [0.25, 0.3) is 22.6 Å². The molecule has 0 saturated carbocycles. The van der Waals surface area contributed by atoms with E-state index in [1.807, 2.05) is 0 Å². The van der Waals surface area contributed by atoms with E-state index in [1.54, 1.807) is 22.1 Å². The minimum Gasteiger partial charge on any atom is -0.383 e. The number of aryl methyl sites for hydroxylation is 2. The van der Waals surface area contributed by atoms with Gasteiger partial charge in [0.2, 0.25) is 5.78 Å². The Morgan fingerprint density at radius 2 is 1.80 bits per heavy atom. The lowest BCUT2D eigenvalue weighted by atomic mass is 10.2. The Hall–Kier alpha value is -3.34. The number of imidazole rings is 2. The number of alkyl halides is 3. The second-order valence-corrected chi connectivity index (χ2v) is 6.90. The van der Waals surface area contributed by atoms with Crippen LogP contribution in [0, 0.1) is 6.92 Å². The van der Waals surface area contributed by atoms with Gasteiger partial charge in [-0.15, -0.1) is 0 Å². The lowest BCUT2D eigenvalue weighted by Crippen LogP contribution is -2.40. The van der Waals surface area contributed by atoms with Gasteiger partial charge in [0.1, 0.15) is 0 Å². The van der Waals surface area contributed by atoms with Crippen LogP contribution in [0.2, 0.25) is 0 Å². The van der Waals surface area contributed by atoms with Crippen molar-refractivity contribution in [2.45, 2.75) is 19.6 Å². The SMILES string of the molecule is COCCn1c(=O)c2c(nc3n(-c4ccc(C(F)(F)F)cc4)c(C)cn23)n(C)c1=O. The number of aromatic nitrogens is 5. The Bertz CT molecular complexity index is 1370. The first-order valence-corrected chi connectivity index (χ1v) is 9.01. The van der Waals surface area contributed by atoms with Crippen molar-refractivity contribution < 1.29 is 17.9 Å². The molecule has 0 radical (unpaired) electrons. The molecule has 158 valence electrons. The average molecular weight is 421 g/mol. The number of ether oxygens (including phenoxy) is 1. The molecule has 0 bridgehead atoms. The van der Waals surface area contributed by atoms with Gasteiger partial charge in [-0.3, -0.25) is 22.9 Å². The van der Waals surface area contributed by atoms with Gasteiger partial charge in [0.15, 0.2) is 11.2 Å². The fourth-order valence-corrected chi connectivity index (χ4v) is 3.51. The molecule has 3 heterocycles. The highest BCUT2D eigenvalue weighted by molar-refractivity contribution is 5.76. The summed E-state index contributed by atoms with van der Waals surface area (Å²) in [7, 11) is 2.98. The van der Waals surface area contributed by atoms with Crippen molar-refractivity contribution >= 4 is 16.9 Å². The highest BCUT2D eigenvalue weighted by atomic mass is 19.4. The third-order valence-corrected chi connectivity index (χ3v) is 5.00. The van der Waals surface area contributed by atoms with E-state index in [2.05, 4.69) is 4.98 Å². The summed E-state index contributed by atoms with van der Waals surface area (Å²) in [6.45, 7) is 2.03. The summed E-state index contributed by atoms with van der Waals surface area (Å²) in [5.74, 6) is 0.318. The zero-order valence-corrected chi connectivity index (χ0v) is 16.4. The number of halogens is 3. The Balaban J connectivity index is 1.98. The number of methoxy groups -OCH3 is 1. The first kappa shape index (κ1) is 20.0. The molecule has 1 aromatic carbocycles. The topological polar surface area (TPSA) is 75.5 Å². The summed E-state index contributed by atoms with van der Waals surface area (Å²) < 4.78 is 49.2. The number of fused-ring (bicyclic) bond motifs is 3. The number of hydrogen-bond donors (Lipinski definition) is 0. The maximum atomic E-state index is 13.0. The van der Waals surface area contributed by atoms with Crippen LogP contribution >= 0.6 is 0 Å². The average Bonchev–Trinajstić information content (AvgIpc) is 3.20. The largest absolute Gasteiger partial charge is 0.416 e. The van der Waals surface area contributed by atoms with E-state index >= 15 is 0 Å². The van der Waals surface area contributed by atoms with Gasteiger partial charge in [0, 0.05) is 31.7 Å². The highest BCUT2D eigenvalue weighted by Gasteiger charge is 2.30. The minimum absolute atomic E-state index is 0.0871. The highest BCUT2D eigenvalue weighted by Crippen LogP contribution is 2.30. The third-order valence-electron chi connectivity index (χ3n) is 5.00. The van der Waals surface area contributed by atoms with Gasteiger partial charge in [-0.25, -0.2) is 4.79 Å². The van der Waals surface area contributed by atoms with Crippen molar-refractivity contribution in [1.82, 2.24) is 23.1 Å². The molecular weight excluding hydrogens is 403 g/mol. The summed E-state index contributed by atoms with van der Waals surface area (Å²) in [5.41, 5.74) is -0.285. The molecule has 0 atom stereocenters. The zero-order chi connectivity index (χ0) is 21.8. The van der Waals surface area contributed by atoms with Crippen LogP contribution in [0.1, 0.15) is 11.3 Å². The summed E-state index contributed by atoms with van der Waals surface area (Å²) in [6, 6.07) is 4.65. The summed E-state index contributed by atoms with van der Waals surface area (Å²) in [5, 5.41) is 0. The summed E-state index contributed by atoms with van der Waals surface area (Å²) >= 11 is 0. The van der Waals surface area contributed by atoms with Gasteiger partial charge in [0.25, 0.3) is 5.56 Å². The molecule has 0 saturated heterocycles. The molecule has 30 heavy (non-hydrogen) atoms. The molecule has 0 aliphatic carbocycles. The molecule has 0 amide bonds. The molecule has 4 rings (SSSR count). The van der Waals surface area contributed by atoms with E-state index in [9.17, 15) is 22.8 Å². The van der Waals surface area contributed by atoms with Gasteiger partial charge >= 0.3 is 11.9 Å². The van der Waals surface area contributed by atoms with Gasteiger partial charge in [0.05, 0.1) is 18.7 Å². The van der Waals surface area contributed by atoms with Crippen molar-refractivity contribution in [3.05, 3.63) is 62.6 Å². The fraction of sp³-hybridized carbons (Fsp3) is 0.316. The van der Waals surface area contributed by atoms with Crippen LogP contribution in [-0.4, -0.2) is 36.8 Å². The molecular formula is C19H18F3N5O3. The van der Waals surface area contributed by atoms with Crippen molar-refractivity contribution in [1.29, 1.82) is 0 Å². The van der Waals surface area contributed by atoms with E-state index in [4.69, 9.17) is 4.74 Å². The Morgan fingerprint density at radius 3 is 2.40 bits per heavy atom. The predicted molar refractivity (Wildman–Crippen MR) is 103 cm³/mol. The predicted octanol–water partition coefficient (Wildman–Crippen LogP) is 2.11. The number of benzene rings is 1. The Kier molecular flexibility index (Phi) is 4.57. The maximum Gasteiger partial charge on any atom is 0.416 e. The molecule has 0 aliphatic heterocycles. The second-order valence-electron chi connectivity index (χ2n) is 6.90. The molecule has 8 nitrogen and oxygen atoms in total. The van der Waals surface area contributed by atoms with Crippen LogP contribution in [0.5, 0.6) is 0 Å². The first-order valence-electron chi connectivity index (χ1n) is 9.01. The maximum absolute atomic E-state index is 13.0. The van der Waals surface area contributed by atoms with E-state index in [0.29, 0.717) is 17.2 Å². The molecule has 0 N–H and O–H groups in total. The van der Waals surface area contributed by atoms with Crippen LogP contribution < -0.4 is 11.2 Å². The van der Waals surface area contributed by atoms with Crippen LogP contribution in [0.3, 0.4) is 0 Å². The van der Waals surface area contributed by atoms with E-state index in [0.717, 1.165) is 16.7 Å². The quantitative estimate of drug-likeness (QED) is 0.506. The zero-order valence-electron chi connectivity index (χ0n) is 16.4. The number of hydrogen-bond acceptors (Lipinski definition) is 4. The van der Waals surface area contributed by atoms with E-state index in [-0.39, 0.29) is 24.3 Å².